The molecule has 2 aromatic carbocycles. The van der Waals surface area contributed by atoms with Crippen LogP contribution in [0.15, 0.2) is 48.5 Å². The zero-order chi connectivity index (χ0) is 18.4. The number of amides is 1. The quantitative estimate of drug-likeness (QED) is 0.735. The fourth-order valence-corrected chi connectivity index (χ4v) is 2.64. The van der Waals surface area contributed by atoms with E-state index in [0.717, 1.165) is 0 Å². The molecule has 134 valence electrons. The first-order valence-electron chi connectivity index (χ1n) is 7.72. The largest absolute Gasteiger partial charge is 0.370 e. The van der Waals surface area contributed by atoms with Gasteiger partial charge >= 0.3 is 0 Å². The van der Waals surface area contributed by atoms with E-state index >= 15 is 0 Å². The van der Waals surface area contributed by atoms with Crippen molar-refractivity contribution in [1.29, 1.82) is 0 Å². The minimum Gasteiger partial charge on any atom is -0.370 e. The molecular formula is C18H18ClF3N2O. The number of carbonyl (C=O) groups is 1. The van der Waals surface area contributed by atoms with Crippen molar-refractivity contribution in [3.05, 3.63) is 64.9 Å². The fourth-order valence-electron chi connectivity index (χ4n) is 2.39. The molecule has 0 heterocycles. The summed E-state index contributed by atoms with van der Waals surface area (Å²) < 4.78 is 38.4. The highest BCUT2D eigenvalue weighted by Gasteiger charge is 2.25. The number of benzene rings is 2. The third-order valence-electron chi connectivity index (χ3n) is 3.53. The first kappa shape index (κ1) is 19.1. The first-order valence-corrected chi connectivity index (χ1v) is 8.09. The van der Waals surface area contributed by atoms with Crippen LogP contribution in [0.1, 0.15) is 24.9 Å². The summed E-state index contributed by atoms with van der Waals surface area (Å²) in [6, 6.07) is 10.6. The SMILES string of the molecule is CC(CC(F)F)NC(=O)C(Nc1cccc(F)c1)c1ccccc1Cl. The van der Waals surface area contributed by atoms with Crippen molar-refractivity contribution in [1.82, 2.24) is 5.32 Å². The van der Waals surface area contributed by atoms with Gasteiger partial charge in [0.15, 0.2) is 0 Å². The summed E-state index contributed by atoms with van der Waals surface area (Å²) in [5, 5.41) is 5.79. The summed E-state index contributed by atoms with van der Waals surface area (Å²) >= 11 is 6.17. The number of alkyl halides is 2. The molecule has 0 aliphatic rings. The number of hydrogen-bond acceptors (Lipinski definition) is 2. The number of nitrogens with one attached hydrogen (secondary N) is 2. The molecular weight excluding hydrogens is 353 g/mol. The van der Waals surface area contributed by atoms with E-state index in [9.17, 15) is 18.0 Å². The van der Waals surface area contributed by atoms with Crippen molar-refractivity contribution in [2.24, 2.45) is 0 Å². The van der Waals surface area contributed by atoms with Crippen LogP contribution in [0, 0.1) is 5.82 Å². The maximum Gasteiger partial charge on any atom is 0.247 e. The summed E-state index contributed by atoms with van der Waals surface area (Å²) in [5.41, 5.74) is 0.844. The Morgan fingerprint density at radius 3 is 2.52 bits per heavy atom. The molecule has 0 radical (unpaired) electrons. The minimum absolute atomic E-state index is 0.341. The van der Waals surface area contributed by atoms with Crippen molar-refractivity contribution in [3.8, 4) is 0 Å². The number of carbonyl (C=O) groups excluding carboxylic acids is 1. The molecule has 0 saturated carbocycles. The van der Waals surface area contributed by atoms with E-state index in [2.05, 4.69) is 10.6 Å². The van der Waals surface area contributed by atoms with Crippen LogP contribution < -0.4 is 10.6 Å². The Morgan fingerprint density at radius 1 is 1.16 bits per heavy atom. The van der Waals surface area contributed by atoms with Crippen molar-refractivity contribution < 1.29 is 18.0 Å². The average Bonchev–Trinajstić information content (AvgIpc) is 2.52. The first-order chi connectivity index (χ1) is 11.9. The minimum atomic E-state index is -2.52. The van der Waals surface area contributed by atoms with Crippen molar-refractivity contribution in [2.45, 2.75) is 31.9 Å². The van der Waals surface area contributed by atoms with Gasteiger partial charge in [-0.25, -0.2) is 13.2 Å². The maximum absolute atomic E-state index is 13.4. The lowest BCUT2D eigenvalue weighted by molar-refractivity contribution is -0.122. The van der Waals surface area contributed by atoms with E-state index in [4.69, 9.17) is 11.6 Å². The molecule has 25 heavy (non-hydrogen) atoms. The lowest BCUT2D eigenvalue weighted by atomic mass is 10.0. The summed E-state index contributed by atoms with van der Waals surface area (Å²) in [6.45, 7) is 1.50. The van der Waals surface area contributed by atoms with Crippen molar-refractivity contribution >= 4 is 23.2 Å². The Hall–Kier alpha value is -2.21. The number of anilines is 1. The third-order valence-corrected chi connectivity index (χ3v) is 3.88. The van der Waals surface area contributed by atoms with E-state index in [1.54, 1.807) is 30.3 Å². The van der Waals surface area contributed by atoms with Gasteiger partial charge in [0.2, 0.25) is 12.3 Å². The second kappa shape index (κ2) is 8.76. The monoisotopic (exact) mass is 370 g/mol. The molecule has 0 aliphatic heterocycles. The molecule has 2 rings (SSSR count). The zero-order valence-corrected chi connectivity index (χ0v) is 14.2. The molecule has 0 bridgehead atoms. The molecule has 2 unspecified atom stereocenters. The van der Waals surface area contributed by atoms with Crippen LogP contribution in [0.3, 0.4) is 0 Å². The molecule has 0 saturated heterocycles. The second-order valence-electron chi connectivity index (χ2n) is 5.65. The molecule has 0 spiro atoms. The van der Waals surface area contributed by atoms with Crippen LogP contribution in [0.5, 0.6) is 0 Å². The van der Waals surface area contributed by atoms with Crippen LogP contribution in [0.25, 0.3) is 0 Å². The van der Waals surface area contributed by atoms with Gasteiger partial charge in [0.05, 0.1) is 0 Å². The van der Waals surface area contributed by atoms with Gasteiger partial charge in [0, 0.05) is 28.7 Å². The highest BCUT2D eigenvalue weighted by Crippen LogP contribution is 2.27. The Labute approximate surface area is 149 Å². The predicted molar refractivity (Wildman–Crippen MR) is 92.4 cm³/mol. The highest BCUT2D eigenvalue weighted by atomic mass is 35.5. The lowest BCUT2D eigenvalue weighted by Crippen LogP contribution is -2.39. The molecule has 0 aliphatic carbocycles. The van der Waals surface area contributed by atoms with Gasteiger partial charge in [-0.05, 0) is 31.2 Å². The van der Waals surface area contributed by atoms with E-state index in [1.807, 2.05) is 0 Å². The fraction of sp³-hybridized carbons (Fsp3) is 0.278. The van der Waals surface area contributed by atoms with Crippen LogP contribution in [-0.4, -0.2) is 18.4 Å². The molecule has 0 fully saturated rings. The lowest BCUT2D eigenvalue weighted by Gasteiger charge is -2.23. The van der Waals surface area contributed by atoms with Crippen LogP contribution >= 0.6 is 11.6 Å². The van der Waals surface area contributed by atoms with E-state index < -0.39 is 36.7 Å². The molecule has 2 N–H and O–H groups in total. The van der Waals surface area contributed by atoms with Gasteiger partial charge in [-0.3, -0.25) is 4.79 Å². The summed E-state index contributed by atoms with van der Waals surface area (Å²) in [4.78, 5) is 12.6. The van der Waals surface area contributed by atoms with Crippen molar-refractivity contribution in [2.75, 3.05) is 5.32 Å². The summed E-state index contributed by atoms with van der Waals surface area (Å²) in [5.74, 6) is -0.986. The van der Waals surface area contributed by atoms with Crippen LogP contribution in [0.2, 0.25) is 5.02 Å². The Morgan fingerprint density at radius 2 is 1.88 bits per heavy atom. The standard InChI is InChI=1S/C18H18ClF3N2O/c1-11(9-16(21)22)23-18(25)17(14-7-2-3-8-15(14)19)24-13-6-4-5-12(20)10-13/h2-8,10-11,16-17,24H,9H2,1H3,(H,23,25). The third kappa shape index (κ3) is 5.67. The Balaban J connectivity index is 2.26. The molecule has 0 aromatic heterocycles. The van der Waals surface area contributed by atoms with Gasteiger partial charge in [0.1, 0.15) is 11.9 Å². The van der Waals surface area contributed by atoms with Gasteiger partial charge in [-0.15, -0.1) is 0 Å². The summed E-state index contributed by atoms with van der Waals surface area (Å²) in [7, 11) is 0. The van der Waals surface area contributed by atoms with E-state index in [1.165, 1.54) is 25.1 Å². The van der Waals surface area contributed by atoms with Crippen molar-refractivity contribution in [3.63, 3.8) is 0 Å². The summed E-state index contributed by atoms with van der Waals surface area (Å²) in [6.07, 6.45) is -2.98. The Bertz CT molecular complexity index is 727. The maximum atomic E-state index is 13.4. The topological polar surface area (TPSA) is 41.1 Å². The molecule has 3 nitrogen and oxygen atoms in total. The smallest absolute Gasteiger partial charge is 0.247 e. The number of rotatable bonds is 7. The van der Waals surface area contributed by atoms with E-state index in [0.29, 0.717) is 16.3 Å². The predicted octanol–water partition coefficient (Wildman–Crippen LogP) is 4.79. The molecule has 1 amide bonds. The van der Waals surface area contributed by atoms with Gasteiger partial charge in [-0.1, -0.05) is 35.9 Å². The normalized spacial score (nSPS) is 13.4. The highest BCUT2D eigenvalue weighted by molar-refractivity contribution is 6.31. The average molecular weight is 371 g/mol. The Kier molecular flexibility index (Phi) is 6.70. The van der Waals surface area contributed by atoms with E-state index in [-0.39, 0.29) is 0 Å². The molecule has 7 heteroatoms. The molecule has 2 atom stereocenters. The van der Waals surface area contributed by atoms with Crippen LogP contribution in [-0.2, 0) is 4.79 Å². The number of hydrogen-bond donors (Lipinski definition) is 2. The zero-order valence-electron chi connectivity index (χ0n) is 13.5. The van der Waals surface area contributed by atoms with Crippen LogP contribution in [0.4, 0.5) is 18.9 Å². The number of halogens is 4. The second-order valence-corrected chi connectivity index (χ2v) is 6.05. The van der Waals surface area contributed by atoms with Gasteiger partial charge in [0.25, 0.3) is 0 Å². The molecule has 2 aromatic rings. The van der Waals surface area contributed by atoms with Gasteiger partial charge < -0.3 is 10.6 Å². The van der Waals surface area contributed by atoms with Gasteiger partial charge in [-0.2, -0.15) is 0 Å².